The molecule has 0 fully saturated rings. The number of carbonyl (C=O) groups excluding carboxylic acids is 1. The number of rotatable bonds is 7. The first-order chi connectivity index (χ1) is 15.8. The van der Waals surface area contributed by atoms with Gasteiger partial charge in [-0.05, 0) is 88.7 Å². The normalized spacial score (nSPS) is 11.0. The van der Waals surface area contributed by atoms with E-state index in [2.05, 4.69) is 34.0 Å². The topological polar surface area (TPSA) is 71.3 Å². The van der Waals surface area contributed by atoms with E-state index >= 15 is 0 Å². The molecule has 168 valence electrons. The number of nitrogens with zero attached hydrogens (tertiary/aromatic N) is 1. The average Bonchev–Trinajstić information content (AvgIpc) is 2.79. The molecule has 8 heteroatoms. The molecule has 1 amide bonds. The predicted octanol–water partition coefficient (Wildman–Crippen LogP) is 7.00. The number of halogens is 3. The SMILES string of the molecule is COc1cc(/C=C(\C#N)c2ccc(Cl)cc2)cc(I)c1OCC(=O)Nc1ccc(C)c(Cl)c1. The minimum absolute atomic E-state index is 0.207. The molecule has 0 radical (unpaired) electrons. The molecule has 0 unspecified atom stereocenters. The number of nitrogens with one attached hydrogen (secondary N) is 1. The Morgan fingerprint density at radius 3 is 2.52 bits per heavy atom. The van der Waals surface area contributed by atoms with Crippen molar-refractivity contribution in [1.82, 2.24) is 0 Å². The van der Waals surface area contributed by atoms with Gasteiger partial charge in [0.15, 0.2) is 18.1 Å². The number of allylic oxidation sites excluding steroid dienone is 1. The Morgan fingerprint density at radius 1 is 1.15 bits per heavy atom. The highest BCUT2D eigenvalue weighted by atomic mass is 127. The fourth-order valence-corrected chi connectivity index (χ4v) is 4.03. The van der Waals surface area contributed by atoms with E-state index in [9.17, 15) is 10.1 Å². The molecule has 3 aromatic carbocycles. The standard InChI is InChI=1S/C25H19Cl2IN2O3/c1-15-3-8-20(12-21(15)27)30-24(31)14-33-25-22(28)10-16(11-23(25)32-2)9-18(13-29)17-4-6-19(26)7-5-17/h3-12H,14H2,1-2H3,(H,30,31)/b18-9+. The van der Waals surface area contributed by atoms with Crippen molar-refractivity contribution in [3.8, 4) is 17.6 Å². The minimum Gasteiger partial charge on any atom is -0.493 e. The van der Waals surface area contributed by atoms with Gasteiger partial charge < -0.3 is 14.8 Å². The van der Waals surface area contributed by atoms with Gasteiger partial charge in [-0.3, -0.25) is 4.79 Å². The number of hydrogen-bond acceptors (Lipinski definition) is 4. The number of amides is 1. The van der Waals surface area contributed by atoms with Crippen LogP contribution in [-0.4, -0.2) is 19.6 Å². The number of carbonyl (C=O) groups is 1. The average molecular weight is 593 g/mol. The fraction of sp³-hybridized carbons (Fsp3) is 0.120. The molecule has 0 aliphatic heterocycles. The van der Waals surface area contributed by atoms with Crippen molar-refractivity contribution in [1.29, 1.82) is 5.26 Å². The van der Waals surface area contributed by atoms with Crippen LogP contribution in [0.3, 0.4) is 0 Å². The summed E-state index contributed by atoms with van der Waals surface area (Å²) in [4.78, 5) is 12.3. The van der Waals surface area contributed by atoms with Gasteiger partial charge in [0, 0.05) is 15.7 Å². The summed E-state index contributed by atoms with van der Waals surface area (Å²) in [7, 11) is 1.52. The van der Waals surface area contributed by atoms with Crippen LogP contribution in [-0.2, 0) is 4.79 Å². The van der Waals surface area contributed by atoms with Crippen molar-refractivity contribution in [3.05, 3.63) is 84.9 Å². The van der Waals surface area contributed by atoms with Crippen molar-refractivity contribution < 1.29 is 14.3 Å². The van der Waals surface area contributed by atoms with Crippen molar-refractivity contribution in [3.63, 3.8) is 0 Å². The summed E-state index contributed by atoms with van der Waals surface area (Å²) in [6, 6.07) is 18.2. The van der Waals surface area contributed by atoms with E-state index in [0.29, 0.717) is 32.8 Å². The largest absolute Gasteiger partial charge is 0.493 e. The third-order valence-corrected chi connectivity index (χ3v) is 6.10. The summed E-state index contributed by atoms with van der Waals surface area (Å²) in [6.45, 7) is 1.68. The van der Waals surface area contributed by atoms with Gasteiger partial charge in [0.1, 0.15) is 0 Å². The summed E-state index contributed by atoms with van der Waals surface area (Å²) >= 11 is 14.2. The molecule has 0 bridgehead atoms. The van der Waals surface area contributed by atoms with E-state index in [4.69, 9.17) is 32.7 Å². The highest BCUT2D eigenvalue weighted by Gasteiger charge is 2.14. The number of nitriles is 1. The zero-order chi connectivity index (χ0) is 24.0. The van der Waals surface area contributed by atoms with Crippen molar-refractivity contribution in [2.45, 2.75) is 6.92 Å². The van der Waals surface area contributed by atoms with Gasteiger partial charge in [-0.15, -0.1) is 0 Å². The molecule has 0 saturated heterocycles. The quantitative estimate of drug-likeness (QED) is 0.182. The van der Waals surface area contributed by atoms with Gasteiger partial charge in [-0.25, -0.2) is 0 Å². The van der Waals surface area contributed by atoms with Crippen LogP contribution in [0.25, 0.3) is 11.6 Å². The molecule has 0 aliphatic carbocycles. The predicted molar refractivity (Wildman–Crippen MR) is 141 cm³/mol. The highest BCUT2D eigenvalue weighted by Crippen LogP contribution is 2.35. The Labute approximate surface area is 216 Å². The molecule has 1 N–H and O–H groups in total. The molecular weight excluding hydrogens is 574 g/mol. The van der Waals surface area contributed by atoms with Crippen LogP contribution in [0.5, 0.6) is 11.5 Å². The highest BCUT2D eigenvalue weighted by molar-refractivity contribution is 14.1. The molecule has 3 rings (SSSR count). The van der Waals surface area contributed by atoms with Gasteiger partial charge in [-0.2, -0.15) is 5.26 Å². The van der Waals surface area contributed by atoms with E-state index in [1.165, 1.54) is 7.11 Å². The van der Waals surface area contributed by atoms with Crippen LogP contribution in [0.4, 0.5) is 5.69 Å². The second kappa shape index (κ2) is 11.4. The zero-order valence-electron chi connectivity index (χ0n) is 17.8. The van der Waals surface area contributed by atoms with E-state index in [0.717, 1.165) is 20.3 Å². The van der Waals surface area contributed by atoms with E-state index in [1.54, 1.807) is 48.5 Å². The summed E-state index contributed by atoms with van der Waals surface area (Å²) in [5.74, 6) is 0.566. The van der Waals surface area contributed by atoms with Gasteiger partial charge in [-0.1, -0.05) is 41.4 Å². The van der Waals surface area contributed by atoms with Gasteiger partial charge in [0.25, 0.3) is 5.91 Å². The lowest BCUT2D eigenvalue weighted by atomic mass is 10.0. The van der Waals surface area contributed by atoms with Crippen molar-refractivity contribution >= 4 is 69.0 Å². The molecular formula is C25H19Cl2IN2O3. The Hall–Kier alpha value is -2.73. The molecule has 0 spiro atoms. The van der Waals surface area contributed by atoms with Crippen molar-refractivity contribution in [2.24, 2.45) is 0 Å². The second-order valence-corrected chi connectivity index (χ2v) is 9.02. The van der Waals surface area contributed by atoms with Crippen LogP contribution in [0, 0.1) is 21.8 Å². The molecule has 0 saturated carbocycles. The first-order valence-electron chi connectivity index (χ1n) is 9.74. The molecule has 0 aromatic heterocycles. The van der Waals surface area contributed by atoms with Crippen LogP contribution in [0.1, 0.15) is 16.7 Å². The molecule has 0 atom stereocenters. The maximum atomic E-state index is 12.3. The lowest BCUT2D eigenvalue weighted by molar-refractivity contribution is -0.118. The van der Waals surface area contributed by atoms with Crippen LogP contribution in [0.15, 0.2) is 54.6 Å². The maximum absolute atomic E-state index is 12.3. The Balaban J connectivity index is 1.77. The maximum Gasteiger partial charge on any atom is 0.262 e. The second-order valence-electron chi connectivity index (χ2n) is 7.01. The van der Waals surface area contributed by atoms with Gasteiger partial charge in [0.05, 0.1) is 22.3 Å². The smallest absolute Gasteiger partial charge is 0.262 e. The number of ether oxygens (including phenoxy) is 2. The van der Waals surface area contributed by atoms with Crippen molar-refractivity contribution in [2.75, 3.05) is 19.0 Å². The Bertz CT molecular complexity index is 1250. The lowest BCUT2D eigenvalue weighted by Gasteiger charge is -2.14. The summed E-state index contributed by atoms with van der Waals surface area (Å²) < 4.78 is 12.0. The lowest BCUT2D eigenvalue weighted by Crippen LogP contribution is -2.20. The molecule has 0 heterocycles. The molecule has 0 aliphatic rings. The van der Waals surface area contributed by atoms with Crippen LogP contribution < -0.4 is 14.8 Å². The summed E-state index contributed by atoms with van der Waals surface area (Å²) in [5.41, 5.74) is 3.51. The summed E-state index contributed by atoms with van der Waals surface area (Å²) in [6.07, 6.45) is 1.76. The number of benzene rings is 3. The Kier molecular flexibility index (Phi) is 8.61. The molecule has 3 aromatic rings. The zero-order valence-corrected chi connectivity index (χ0v) is 21.5. The van der Waals surface area contributed by atoms with Gasteiger partial charge in [0.2, 0.25) is 0 Å². The fourth-order valence-electron chi connectivity index (χ4n) is 2.94. The van der Waals surface area contributed by atoms with E-state index in [1.807, 2.05) is 19.1 Å². The van der Waals surface area contributed by atoms with Crippen LogP contribution in [0.2, 0.25) is 10.0 Å². The van der Waals surface area contributed by atoms with E-state index in [-0.39, 0.29) is 12.5 Å². The molecule has 33 heavy (non-hydrogen) atoms. The van der Waals surface area contributed by atoms with Crippen LogP contribution >= 0.6 is 45.8 Å². The van der Waals surface area contributed by atoms with E-state index < -0.39 is 0 Å². The van der Waals surface area contributed by atoms with Gasteiger partial charge >= 0.3 is 0 Å². The first-order valence-corrected chi connectivity index (χ1v) is 11.6. The number of methoxy groups -OCH3 is 1. The minimum atomic E-state index is -0.328. The number of aryl methyl sites for hydroxylation is 1. The third-order valence-electron chi connectivity index (χ3n) is 4.64. The first kappa shape index (κ1) is 24.9. The number of hydrogen-bond donors (Lipinski definition) is 1. The Morgan fingerprint density at radius 2 is 1.88 bits per heavy atom. The molecule has 5 nitrogen and oxygen atoms in total. The third kappa shape index (κ3) is 6.64. The monoisotopic (exact) mass is 592 g/mol. The summed E-state index contributed by atoms with van der Waals surface area (Å²) in [5, 5.41) is 13.5. The number of anilines is 1.